The first-order valence-corrected chi connectivity index (χ1v) is 8.03. The van der Waals surface area contributed by atoms with Gasteiger partial charge in [-0.2, -0.15) is 4.98 Å². The number of halogens is 1. The van der Waals surface area contributed by atoms with E-state index in [1.807, 2.05) is 11.4 Å². The number of hydrogen-bond acceptors (Lipinski definition) is 4. The number of ether oxygens (including phenoxy) is 1. The fourth-order valence-corrected chi connectivity index (χ4v) is 2.97. The summed E-state index contributed by atoms with van der Waals surface area (Å²) in [7, 11) is 0. The van der Waals surface area contributed by atoms with Crippen molar-refractivity contribution in [3.8, 4) is 5.88 Å². The van der Waals surface area contributed by atoms with E-state index in [-0.39, 0.29) is 5.28 Å². The lowest BCUT2D eigenvalue weighted by atomic mass is 10.0. The van der Waals surface area contributed by atoms with E-state index in [9.17, 15) is 0 Å². The third-order valence-electron chi connectivity index (χ3n) is 3.26. The van der Waals surface area contributed by atoms with E-state index in [2.05, 4.69) is 23.8 Å². The molecule has 0 aromatic carbocycles. The zero-order valence-corrected chi connectivity index (χ0v) is 12.9. The van der Waals surface area contributed by atoms with Crippen LogP contribution in [0.2, 0.25) is 5.28 Å². The summed E-state index contributed by atoms with van der Waals surface area (Å²) in [6, 6.07) is 1.98. The number of fused-ring (bicyclic) bond motifs is 1. The molecule has 5 heteroatoms. The minimum absolute atomic E-state index is 0.256. The van der Waals surface area contributed by atoms with Crippen molar-refractivity contribution in [2.75, 3.05) is 6.61 Å². The molecule has 3 nitrogen and oxygen atoms in total. The van der Waals surface area contributed by atoms with Gasteiger partial charge < -0.3 is 4.74 Å². The zero-order chi connectivity index (χ0) is 13.7. The van der Waals surface area contributed by atoms with Gasteiger partial charge in [-0.1, -0.05) is 33.1 Å². The Hall–Kier alpha value is -0.870. The van der Waals surface area contributed by atoms with Crippen molar-refractivity contribution in [1.29, 1.82) is 0 Å². The highest BCUT2D eigenvalue weighted by atomic mass is 35.5. The van der Waals surface area contributed by atoms with Crippen LogP contribution in [-0.2, 0) is 0 Å². The third kappa shape index (κ3) is 3.80. The van der Waals surface area contributed by atoms with Gasteiger partial charge in [0.1, 0.15) is 4.83 Å². The third-order valence-corrected chi connectivity index (χ3v) is 4.24. The maximum Gasteiger partial charge on any atom is 0.227 e. The fraction of sp³-hybridized carbons (Fsp3) is 0.571. The van der Waals surface area contributed by atoms with Crippen molar-refractivity contribution in [2.45, 2.75) is 39.5 Å². The minimum Gasteiger partial charge on any atom is -0.477 e. The predicted molar refractivity (Wildman–Crippen MR) is 81.2 cm³/mol. The number of nitrogens with zero attached hydrogens (tertiary/aromatic N) is 2. The molecule has 0 N–H and O–H groups in total. The van der Waals surface area contributed by atoms with Crippen LogP contribution < -0.4 is 4.74 Å². The molecule has 2 aromatic rings. The minimum atomic E-state index is 0.256. The molecule has 19 heavy (non-hydrogen) atoms. The first kappa shape index (κ1) is 14.5. The molecule has 0 fully saturated rings. The quantitative estimate of drug-likeness (QED) is 0.679. The Kier molecular flexibility index (Phi) is 5.40. The summed E-state index contributed by atoms with van der Waals surface area (Å²) in [5.74, 6) is 1.20. The Balaban J connectivity index is 2.06. The van der Waals surface area contributed by atoms with Crippen LogP contribution in [0, 0.1) is 5.92 Å². The van der Waals surface area contributed by atoms with Gasteiger partial charge in [-0.15, -0.1) is 11.3 Å². The molecule has 0 aliphatic carbocycles. The van der Waals surface area contributed by atoms with E-state index in [0.717, 1.165) is 16.6 Å². The summed E-state index contributed by atoms with van der Waals surface area (Å²) in [4.78, 5) is 9.27. The second-order valence-electron chi connectivity index (χ2n) is 4.66. The largest absolute Gasteiger partial charge is 0.477 e. The van der Waals surface area contributed by atoms with E-state index in [0.29, 0.717) is 18.4 Å². The average molecular weight is 299 g/mol. The van der Waals surface area contributed by atoms with Crippen molar-refractivity contribution < 1.29 is 4.74 Å². The second kappa shape index (κ2) is 7.06. The van der Waals surface area contributed by atoms with Crippen LogP contribution in [0.15, 0.2) is 11.4 Å². The Labute approximate surface area is 123 Å². The standard InChI is InChI=1S/C14H19ClN2OS/c1-3-5-6-10(4-2)9-18-12-11-7-8-19-13(11)17-14(15)16-12/h7-8,10H,3-6,9H2,1-2H3. The Morgan fingerprint density at radius 3 is 2.95 bits per heavy atom. The monoisotopic (exact) mass is 298 g/mol. The molecule has 0 radical (unpaired) electrons. The summed E-state index contributed by atoms with van der Waals surface area (Å²) in [6.07, 6.45) is 4.81. The van der Waals surface area contributed by atoms with Crippen LogP contribution in [0.1, 0.15) is 39.5 Å². The van der Waals surface area contributed by atoms with Crippen LogP contribution >= 0.6 is 22.9 Å². The molecule has 0 saturated heterocycles. The summed E-state index contributed by atoms with van der Waals surface area (Å²) >= 11 is 7.47. The molecular formula is C14H19ClN2OS. The maximum atomic E-state index is 5.92. The molecule has 0 amide bonds. The molecule has 0 aliphatic heterocycles. The number of unbranched alkanes of at least 4 members (excludes halogenated alkanes) is 1. The van der Waals surface area contributed by atoms with Gasteiger partial charge in [-0.3, -0.25) is 0 Å². The smallest absolute Gasteiger partial charge is 0.227 e. The van der Waals surface area contributed by atoms with Gasteiger partial charge in [0.2, 0.25) is 11.2 Å². The van der Waals surface area contributed by atoms with E-state index in [1.54, 1.807) is 11.3 Å². The number of thiophene rings is 1. The Bertz CT molecular complexity index is 529. The van der Waals surface area contributed by atoms with Gasteiger partial charge in [0.05, 0.1) is 12.0 Å². The first-order valence-electron chi connectivity index (χ1n) is 6.78. The summed E-state index contributed by atoms with van der Waals surface area (Å²) in [5.41, 5.74) is 0. The van der Waals surface area contributed by atoms with Gasteiger partial charge >= 0.3 is 0 Å². The van der Waals surface area contributed by atoms with Crippen LogP contribution in [-0.4, -0.2) is 16.6 Å². The summed E-state index contributed by atoms with van der Waals surface area (Å²) in [6.45, 7) is 5.12. The summed E-state index contributed by atoms with van der Waals surface area (Å²) in [5, 5.41) is 3.20. The summed E-state index contributed by atoms with van der Waals surface area (Å²) < 4.78 is 5.88. The zero-order valence-electron chi connectivity index (χ0n) is 11.4. The lowest BCUT2D eigenvalue weighted by Gasteiger charge is -2.15. The Morgan fingerprint density at radius 2 is 2.21 bits per heavy atom. The number of aromatic nitrogens is 2. The molecule has 2 heterocycles. The molecule has 0 saturated carbocycles. The fourth-order valence-electron chi connectivity index (χ4n) is 2.01. The molecule has 2 rings (SSSR count). The first-order chi connectivity index (χ1) is 9.24. The lowest BCUT2D eigenvalue weighted by molar-refractivity contribution is 0.228. The highest BCUT2D eigenvalue weighted by Gasteiger charge is 2.12. The molecule has 0 bridgehead atoms. The van der Waals surface area contributed by atoms with Crippen molar-refractivity contribution in [2.24, 2.45) is 5.92 Å². The Morgan fingerprint density at radius 1 is 1.37 bits per heavy atom. The molecule has 1 unspecified atom stereocenters. The molecule has 2 aromatic heterocycles. The molecule has 0 spiro atoms. The molecular weight excluding hydrogens is 280 g/mol. The van der Waals surface area contributed by atoms with E-state index >= 15 is 0 Å². The van der Waals surface area contributed by atoms with E-state index in [1.165, 1.54) is 19.3 Å². The number of rotatable bonds is 7. The highest BCUT2D eigenvalue weighted by Crippen LogP contribution is 2.28. The van der Waals surface area contributed by atoms with Crippen molar-refractivity contribution in [3.05, 3.63) is 16.7 Å². The molecule has 1 atom stereocenters. The highest BCUT2D eigenvalue weighted by molar-refractivity contribution is 7.16. The SMILES string of the molecule is CCCCC(CC)COc1nc(Cl)nc2sccc12. The van der Waals surface area contributed by atoms with Crippen molar-refractivity contribution >= 4 is 33.2 Å². The molecule has 104 valence electrons. The van der Waals surface area contributed by atoms with Gasteiger partial charge in [-0.25, -0.2) is 4.98 Å². The second-order valence-corrected chi connectivity index (χ2v) is 5.90. The van der Waals surface area contributed by atoms with Crippen LogP contribution in [0.25, 0.3) is 10.2 Å². The topological polar surface area (TPSA) is 35.0 Å². The van der Waals surface area contributed by atoms with Crippen LogP contribution in [0.4, 0.5) is 0 Å². The van der Waals surface area contributed by atoms with Gasteiger partial charge in [-0.05, 0) is 35.4 Å². The number of hydrogen-bond donors (Lipinski definition) is 0. The van der Waals surface area contributed by atoms with Crippen molar-refractivity contribution in [3.63, 3.8) is 0 Å². The van der Waals surface area contributed by atoms with Gasteiger partial charge in [0, 0.05) is 0 Å². The van der Waals surface area contributed by atoms with Crippen LogP contribution in [0.3, 0.4) is 0 Å². The van der Waals surface area contributed by atoms with E-state index < -0.39 is 0 Å². The van der Waals surface area contributed by atoms with E-state index in [4.69, 9.17) is 16.3 Å². The van der Waals surface area contributed by atoms with Crippen LogP contribution in [0.5, 0.6) is 5.88 Å². The van der Waals surface area contributed by atoms with Gasteiger partial charge in [0.15, 0.2) is 0 Å². The lowest BCUT2D eigenvalue weighted by Crippen LogP contribution is -2.12. The predicted octanol–water partition coefficient (Wildman–Crippen LogP) is 4.94. The average Bonchev–Trinajstić information content (AvgIpc) is 2.86. The molecule has 0 aliphatic rings. The van der Waals surface area contributed by atoms with Crippen molar-refractivity contribution in [1.82, 2.24) is 9.97 Å². The maximum absolute atomic E-state index is 5.92. The normalized spacial score (nSPS) is 12.8. The van der Waals surface area contributed by atoms with Gasteiger partial charge in [0.25, 0.3) is 0 Å².